The highest BCUT2D eigenvalue weighted by molar-refractivity contribution is 7.85. The summed E-state index contributed by atoms with van der Waals surface area (Å²) in [5.74, 6) is -0.0325. The molecule has 0 aliphatic heterocycles. The van der Waals surface area contributed by atoms with Crippen LogP contribution in [0.25, 0.3) is 11.0 Å². The Kier molecular flexibility index (Phi) is 5.25. The molecule has 0 saturated carbocycles. The van der Waals surface area contributed by atoms with Crippen molar-refractivity contribution in [2.24, 2.45) is 5.73 Å². The number of esters is 1. The number of rotatable bonds is 3. The highest BCUT2D eigenvalue weighted by atomic mass is 32.2. The number of carbonyl (C=O) groups is 1. The van der Waals surface area contributed by atoms with Crippen LogP contribution in [0.5, 0.6) is 5.75 Å². The van der Waals surface area contributed by atoms with E-state index in [1.807, 2.05) is 0 Å². The van der Waals surface area contributed by atoms with Crippen LogP contribution in [0.2, 0.25) is 0 Å². The first-order valence-corrected chi connectivity index (χ1v) is 8.54. The van der Waals surface area contributed by atoms with E-state index in [0.717, 1.165) is 5.39 Å². The van der Waals surface area contributed by atoms with E-state index in [9.17, 15) is 13.2 Å². The SMILES string of the molecule is CS(=O)(=O)O.N=C(N)c1cc2ccc(OC(=O)c3ccco3)cc2o1. The highest BCUT2D eigenvalue weighted by Crippen LogP contribution is 2.24. The average molecular weight is 366 g/mol. The van der Waals surface area contributed by atoms with Crippen LogP contribution in [-0.2, 0) is 10.1 Å². The molecule has 3 aromatic rings. The largest absolute Gasteiger partial charge is 0.457 e. The summed E-state index contributed by atoms with van der Waals surface area (Å²) in [6.07, 6.45) is 2.11. The maximum atomic E-state index is 11.7. The molecule has 4 N–H and O–H groups in total. The Balaban J connectivity index is 0.000000399. The van der Waals surface area contributed by atoms with Gasteiger partial charge in [0.2, 0.25) is 5.76 Å². The number of fused-ring (bicyclic) bond motifs is 1. The van der Waals surface area contributed by atoms with Gasteiger partial charge >= 0.3 is 5.97 Å². The lowest BCUT2D eigenvalue weighted by molar-refractivity contribution is 0.0701. The second kappa shape index (κ2) is 7.20. The molecule has 0 aliphatic rings. The van der Waals surface area contributed by atoms with Crippen molar-refractivity contribution in [3.05, 3.63) is 54.2 Å². The fourth-order valence-corrected chi connectivity index (χ4v) is 1.76. The minimum Gasteiger partial charge on any atom is -0.457 e. The third-order valence-electron chi connectivity index (χ3n) is 2.69. The molecule has 25 heavy (non-hydrogen) atoms. The van der Waals surface area contributed by atoms with Crippen LogP contribution in [0.3, 0.4) is 0 Å². The van der Waals surface area contributed by atoms with Gasteiger partial charge in [-0.15, -0.1) is 0 Å². The van der Waals surface area contributed by atoms with Gasteiger partial charge in [0.1, 0.15) is 11.3 Å². The Morgan fingerprint density at radius 3 is 2.48 bits per heavy atom. The van der Waals surface area contributed by atoms with Crippen LogP contribution in [0.1, 0.15) is 16.3 Å². The normalized spacial score (nSPS) is 10.8. The van der Waals surface area contributed by atoms with E-state index >= 15 is 0 Å². The predicted molar refractivity (Wildman–Crippen MR) is 88.4 cm³/mol. The maximum Gasteiger partial charge on any atom is 0.379 e. The number of nitrogens with two attached hydrogens (primary N) is 1. The van der Waals surface area contributed by atoms with Gasteiger partial charge in [-0.3, -0.25) is 9.96 Å². The molecule has 0 spiro atoms. The number of amidine groups is 1. The van der Waals surface area contributed by atoms with Gasteiger partial charge in [-0.25, -0.2) is 4.79 Å². The van der Waals surface area contributed by atoms with Crippen LogP contribution < -0.4 is 10.5 Å². The zero-order valence-electron chi connectivity index (χ0n) is 12.9. The summed E-state index contributed by atoms with van der Waals surface area (Å²) >= 11 is 0. The van der Waals surface area contributed by atoms with E-state index < -0.39 is 16.1 Å². The highest BCUT2D eigenvalue weighted by Gasteiger charge is 2.13. The third kappa shape index (κ3) is 5.48. The van der Waals surface area contributed by atoms with E-state index in [2.05, 4.69) is 0 Å². The van der Waals surface area contributed by atoms with Crippen molar-refractivity contribution >= 4 is 32.9 Å². The fourth-order valence-electron chi connectivity index (χ4n) is 1.76. The lowest BCUT2D eigenvalue weighted by Gasteiger charge is -2.01. The summed E-state index contributed by atoms with van der Waals surface area (Å²) in [7, 11) is -3.67. The minimum absolute atomic E-state index is 0.119. The Bertz CT molecular complexity index is 996. The summed E-state index contributed by atoms with van der Waals surface area (Å²) in [5, 5.41) is 8.09. The van der Waals surface area contributed by atoms with Crippen molar-refractivity contribution in [1.29, 1.82) is 5.41 Å². The standard InChI is InChI=1S/C14H10N2O4.CH4O3S/c15-13(16)12-6-8-3-4-9(7-11(8)20-12)19-14(17)10-2-1-5-18-10;1-5(2,3)4/h1-7H,(H3,15,16);1H3,(H,2,3,4). The zero-order valence-corrected chi connectivity index (χ0v) is 13.7. The number of benzene rings is 1. The first kappa shape index (κ1) is 18.2. The molecular formula is C15H14N2O7S. The minimum atomic E-state index is -3.67. The summed E-state index contributed by atoms with van der Waals surface area (Å²) in [4.78, 5) is 11.7. The molecule has 9 nitrogen and oxygen atoms in total. The van der Waals surface area contributed by atoms with Gasteiger partial charge in [0.25, 0.3) is 10.1 Å². The number of hydrogen-bond acceptors (Lipinski definition) is 7. The van der Waals surface area contributed by atoms with Gasteiger partial charge < -0.3 is 19.3 Å². The lowest BCUT2D eigenvalue weighted by Crippen LogP contribution is -2.09. The monoisotopic (exact) mass is 366 g/mol. The molecule has 0 fully saturated rings. The van der Waals surface area contributed by atoms with Crippen molar-refractivity contribution in [2.45, 2.75) is 0 Å². The second-order valence-electron chi connectivity index (χ2n) is 4.82. The fraction of sp³-hybridized carbons (Fsp3) is 0.0667. The van der Waals surface area contributed by atoms with Crippen molar-refractivity contribution in [2.75, 3.05) is 6.26 Å². The third-order valence-corrected chi connectivity index (χ3v) is 2.69. The molecule has 2 aromatic heterocycles. The average Bonchev–Trinajstić information content (AvgIpc) is 3.14. The van der Waals surface area contributed by atoms with Gasteiger partial charge in [-0.1, -0.05) is 0 Å². The van der Waals surface area contributed by atoms with Gasteiger partial charge in [0, 0.05) is 11.5 Å². The Morgan fingerprint density at radius 1 is 1.24 bits per heavy atom. The van der Waals surface area contributed by atoms with Crippen LogP contribution in [0, 0.1) is 5.41 Å². The van der Waals surface area contributed by atoms with E-state index in [1.54, 1.807) is 30.3 Å². The lowest BCUT2D eigenvalue weighted by atomic mass is 10.2. The van der Waals surface area contributed by atoms with Gasteiger partial charge in [-0.2, -0.15) is 8.42 Å². The first-order valence-electron chi connectivity index (χ1n) is 6.69. The summed E-state index contributed by atoms with van der Waals surface area (Å²) in [6, 6.07) is 9.67. The van der Waals surface area contributed by atoms with Crippen LogP contribution >= 0.6 is 0 Å². The Morgan fingerprint density at radius 2 is 1.92 bits per heavy atom. The molecule has 1 aromatic carbocycles. The van der Waals surface area contributed by atoms with Gasteiger partial charge in [-0.05, 0) is 30.3 Å². The van der Waals surface area contributed by atoms with E-state index in [-0.39, 0.29) is 17.4 Å². The number of furan rings is 2. The summed E-state index contributed by atoms with van der Waals surface area (Å²) in [6.45, 7) is 0. The molecule has 0 atom stereocenters. The molecule has 10 heteroatoms. The van der Waals surface area contributed by atoms with Gasteiger partial charge in [0.15, 0.2) is 11.6 Å². The number of nitrogens with one attached hydrogen (secondary N) is 1. The molecule has 2 heterocycles. The van der Waals surface area contributed by atoms with Crippen molar-refractivity contribution in [1.82, 2.24) is 0 Å². The van der Waals surface area contributed by atoms with Crippen molar-refractivity contribution in [3.63, 3.8) is 0 Å². The quantitative estimate of drug-likeness (QED) is 0.209. The van der Waals surface area contributed by atoms with Crippen molar-refractivity contribution in [3.8, 4) is 5.75 Å². The zero-order chi connectivity index (χ0) is 18.6. The molecule has 0 bridgehead atoms. The second-order valence-corrected chi connectivity index (χ2v) is 6.29. The number of carbonyl (C=O) groups excluding carboxylic acids is 1. The molecule has 3 rings (SSSR count). The molecular weight excluding hydrogens is 352 g/mol. The number of hydrogen-bond donors (Lipinski definition) is 3. The molecule has 0 unspecified atom stereocenters. The molecule has 0 saturated heterocycles. The van der Waals surface area contributed by atoms with E-state index in [0.29, 0.717) is 17.6 Å². The molecule has 0 radical (unpaired) electrons. The number of nitrogen functional groups attached to an aromatic ring is 1. The summed E-state index contributed by atoms with van der Waals surface area (Å²) in [5.41, 5.74) is 5.84. The van der Waals surface area contributed by atoms with E-state index in [4.69, 9.17) is 29.3 Å². The van der Waals surface area contributed by atoms with Crippen LogP contribution in [0.15, 0.2) is 51.5 Å². The number of ether oxygens (including phenoxy) is 1. The maximum absolute atomic E-state index is 11.7. The molecule has 0 aliphatic carbocycles. The topological polar surface area (TPSA) is 157 Å². The Labute approximate surface area is 142 Å². The molecule has 0 amide bonds. The Hall–Kier alpha value is -3.11. The van der Waals surface area contributed by atoms with Crippen LogP contribution in [-0.4, -0.2) is 31.0 Å². The first-order chi connectivity index (χ1) is 11.6. The molecule has 132 valence electrons. The van der Waals surface area contributed by atoms with Crippen LogP contribution in [0.4, 0.5) is 0 Å². The van der Waals surface area contributed by atoms with E-state index in [1.165, 1.54) is 12.3 Å². The summed E-state index contributed by atoms with van der Waals surface area (Å²) < 4.78 is 41.4. The smallest absolute Gasteiger partial charge is 0.379 e. The predicted octanol–water partition coefficient (Wildman–Crippen LogP) is 2.03. The van der Waals surface area contributed by atoms with Gasteiger partial charge in [0.05, 0.1) is 12.5 Å². The van der Waals surface area contributed by atoms with Crippen molar-refractivity contribution < 1.29 is 31.3 Å².